The quantitative estimate of drug-likeness (QED) is 0.278. The van der Waals surface area contributed by atoms with Gasteiger partial charge in [0.2, 0.25) is 5.95 Å². The van der Waals surface area contributed by atoms with Crippen LogP contribution in [0.4, 0.5) is 33.2 Å². The Labute approximate surface area is 217 Å². The number of anilines is 5. The molecule has 2 aromatic carbocycles. The lowest BCUT2D eigenvalue weighted by Gasteiger charge is -2.19. The molecular weight excluding hydrogens is 493 g/mol. The normalized spacial score (nSPS) is 12.4. The van der Waals surface area contributed by atoms with Crippen molar-refractivity contribution in [3.8, 4) is 5.75 Å². The van der Waals surface area contributed by atoms with Crippen LogP contribution in [0.15, 0.2) is 42.6 Å². The second-order valence-electron chi connectivity index (χ2n) is 8.54. The highest BCUT2D eigenvalue weighted by Crippen LogP contribution is 2.39. The molecule has 0 atom stereocenters. The lowest BCUT2D eigenvalue weighted by Crippen LogP contribution is -2.32. The summed E-state index contributed by atoms with van der Waals surface area (Å²) < 4.78 is 25.2. The molecule has 4 N–H and O–H groups in total. The molecule has 196 valence electrons. The van der Waals surface area contributed by atoms with Crippen molar-refractivity contribution in [1.82, 2.24) is 20.3 Å². The van der Waals surface area contributed by atoms with Crippen LogP contribution in [-0.2, 0) is 16.0 Å². The molecule has 0 spiro atoms. The van der Waals surface area contributed by atoms with Gasteiger partial charge in [-0.3, -0.25) is 9.59 Å². The maximum absolute atomic E-state index is 14.5. The summed E-state index contributed by atoms with van der Waals surface area (Å²) in [6.45, 7) is 0.526. The van der Waals surface area contributed by atoms with Crippen LogP contribution in [-0.4, -0.2) is 61.2 Å². The largest absolute Gasteiger partial charge is 0.495 e. The number of nitrogens with zero attached hydrogens (tertiary/aromatic N) is 3. The molecule has 3 heterocycles. The van der Waals surface area contributed by atoms with Gasteiger partial charge in [0.1, 0.15) is 29.6 Å². The van der Waals surface area contributed by atoms with E-state index in [4.69, 9.17) is 9.47 Å². The van der Waals surface area contributed by atoms with Crippen LogP contribution < -0.4 is 25.6 Å². The van der Waals surface area contributed by atoms with Crippen molar-refractivity contribution in [2.24, 2.45) is 0 Å². The first-order valence-electron chi connectivity index (χ1n) is 11.8. The van der Waals surface area contributed by atoms with Gasteiger partial charge in [0.05, 0.1) is 29.4 Å². The molecule has 38 heavy (non-hydrogen) atoms. The Hall–Kier alpha value is -4.71. The van der Waals surface area contributed by atoms with Crippen molar-refractivity contribution in [1.29, 1.82) is 0 Å². The van der Waals surface area contributed by atoms with Gasteiger partial charge in [-0.25, -0.2) is 4.39 Å². The predicted molar refractivity (Wildman–Crippen MR) is 141 cm³/mol. The SMILES string of the molecule is CNC(=O)c1c(F)cccc1Nc1nc(Nc2cc3c(cc2OC)CCN3C(=O)COC)nc2[nH]ccc12. The van der Waals surface area contributed by atoms with E-state index < -0.39 is 11.7 Å². The number of carbonyl (C=O) groups excluding carboxylic acids is 2. The van der Waals surface area contributed by atoms with E-state index in [1.165, 1.54) is 26.3 Å². The Kier molecular flexibility index (Phi) is 6.79. The Balaban J connectivity index is 1.53. The number of methoxy groups -OCH3 is 2. The molecule has 4 aromatic rings. The lowest BCUT2D eigenvalue weighted by atomic mass is 10.1. The molecule has 1 aliphatic heterocycles. The average Bonchev–Trinajstić information content (AvgIpc) is 3.55. The summed E-state index contributed by atoms with van der Waals surface area (Å²) in [4.78, 5) is 38.8. The lowest BCUT2D eigenvalue weighted by molar-refractivity contribution is -0.122. The van der Waals surface area contributed by atoms with Crippen LogP contribution in [0.3, 0.4) is 0 Å². The van der Waals surface area contributed by atoms with E-state index in [2.05, 4.69) is 30.9 Å². The minimum Gasteiger partial charge on any atom is -0.495 e. The van der Waals surface area contributed by atoms with Crippen molar-refractivity contribution >= 4 is 51.7 Å². The molecule has 12 heteroatoms. The van der Waals surface area contributed by atoms with Gasteiger partial charge in [0.25, 0.3) is 11.8 Å². The highest BCUT2D eigenvalue weighted by atomic mass is 19.1. The summed E-state index contributed by atoms with van der Waals surface area (Å²) in [5.41, 5.74) is 2.92. The van der Waals surface area contributed by atoms with Gasteiger partial charge >= 0.3 is 0 Å². The number of carbonyl (C=O) groups is 2. The van der Waals surface area contributed by atoms with Crippen molar-refractivity contribution in [2.45, 2.75) is 6.42 Å². The predicted octanol–water partition coefficient (Wildman–Crippen LogP) is 3.49. The summed E-state index contributed by atoms with van der Waals surface area (Å²) in [6.07, 6.45) is 2.40. The first kappa shape index (κ1) is 25.0. The van der Waals surface area contributed by atoms with Crippen LogP contribution in [0, 0.1) is 5.82 Å². The van der Waals surface area contributed by atoms with E-state index in [9.17, 15) is 14.0 Å². The standard InChI is InChI=1S/C26H26FN7O4/c1-28-25(36)22-16(27)5-4-6-17(22)30-24-15-7-9-29-23(15)32-26(33-24)31-18-12-19-14(11-20(18)38-3)8-10-34(19)21(35)13-37-2/h4-7,9,11-12H,8,10,13H2,1-3H3,(H,28,36)(H3,29,30,31,32,33). The van der Waals surface area contributed by atoms with Crippen LogP contribution in [0.2, 0.25) is 0 Å². The molecule has 2 aromatic heterocycles. The van der Waals surface area contributed by atoms with Crippen molar-refractivity contribution in [3.63, 3.8) is 0 Å². The Bertz CT molecular complexity index is 1540. The highest BCUT2D eigenvalue weighted by molar-refractivity contribution is 6.02. The van der Waals surface area contributed by atoms with Crippen molar-refractivity contribution < 1.29 is 23.5 Å². The topological polar surface area (TPSA) is 134 Å². The number of nitrogens with one attached hydrogen (secondary N) is 4. The van der Waals surface area contributed by atoms with Gasteiger partial charge < -0.3 is 35.3 Å². The molecule has 5 rings (SSSR count). The number of aromatic amines is 1. The fourth-order valence-corrected chi connectivity index (χ4v) is 4.47. The molecule has 0 fully saturated rings. The smallest absolute Gasteiger partial charge is 0.256 e. The number of halogens is 1. The van der Waals surface area contributed by atoms with Gasteiger partial charge in [-0.1, -0.05) is 6.07 Å². The van der Waals surface area contributed by atoms with Crippen LogP contribution in [0.25, 0.3) is 11.0 Å². The molecule has 0 saturated heterocycles. The van der Waals surface area contributed by atoms with E-state index in [-0.39, 0.29) is 29.7 Å². The van der Waals surface area contributed by atoms with Crippen LogP contribution in [0.5, 0.6) is 5.75 Å². The van der Waals surface area contributed by atoms with E-state index in [1.54, 1.807) is 30.3 Å². The summed E-state index contributed by atoms with van der Waals surface area (Å²) in [6, 6.07) is 9.79. The minimum absolute atomic E-state index is 0.0199. The number of hydrogen-bond donors (Lipinski definition) is 4. The number of hydrogen-bond acceptors (Lipinski definition) is 8. The molecule has 0 unspecified atom stereocenters. The summed E-state index contributed by atoms with van der Waals surface area (Å²) in [5, 5.41) is 9.36. The monoisotopic (exact) mass is 519 g/mol. The minimum atomic E-state index is -0.664. The fraction of sp³-hybridized carbons (Fsp3) is 0.231. The second-order valence-corrected chi connectivity index (χ2v) is 8.54. The van der Waals surface area contributed by atoms with Crippen molar-refractivity contribution in [3.05, 3.63) is 59.5 Å². The number of H-pyrrole nitrogens is 1. The molecule has 2 amide bonds. The first-order chi connectivity index (χ1) is 18.4. The molecular formula is C26H26FN7O4. The molecule has 0 radical (unpaired) electrons. The Morgan fingerprint density at radius 3 is 2.74 bits per heavy atom. The third-order valence-corrected chi connectivity index (χ3v) is 6.25. The van der Waals surface area contributed by atoms with Crippen molar-refractivity contribution in [2.75, 3.05) is 50.0 Å². The van der Waals surface area contributed by atoms with Gasteiger partial charge in [-0.2, -0.15) is 9.97 Å². The molecule has 0 saturated carbocycles. The van der Waals surface area contributed by atoms with Gasteiger partial charge in [-0.05, 0) is 42.3 Å². The number of aromatic nitrogens is 3. The molecule has 0 aliphatic carbocycles. The van der Waals surface area contributed by atoms with E-state index in [0.29, 0.717) is 41.3 Å². The van der Waals surface area contributed by atoms with E-state index in [0.717, 1.165) is 11.3 Å². The Morgan fingerprint density at radius 2 is 1.97 bits per heavy atom. The third-order valence-electron chi connectivity index (χ3n) is 6.25. The average molecular weight is 520 g/mol. The number of fused-ring (bicyclic) bond motifs is 2. The zero-order valence-electron chi connectivity index (χ0n) is 21.0. The third kappa shape index (κ3) is 4.57. The fourth-order valence-electron chi connectivity index (χ4n) is 4.47. The van der Waals surface area contributed by atoms with Gasteiger partial charge in [0.15, 0.2) is 0 Å². The van der Waals surface area contributed by atoms with Crippen LogP contribution in [0.1, 0.15) is 15.9 Å². The Morgan fingerprint density at radius 1 is 1.13 bits per heavy atom. The summed E-state index contributed by atoms with van der Waals surface area (Å²) >= 11 is 0. The molecule has 1 aliphatic rings. The van der Waals surface area contributed by atoms with Gasteiger partial charge in [-0.15, -0.1) is 0 Å². The maximum Gasteiger partial charge on any atom is 0.256 e. The second kappa shape index (κ2) is 10.3. The highest BCUT2D eigenvalue weighted by Gasteiger charge is 2.27. The van der Waals surface area contributed by atoms with E-state index in [1.807, 2.05) is 12.1 Å². The molecule has 0 bridgehead atoms. The van der Waals surface area contributed by atoms with Gasteiger partial charge in [0, 0.05) is 32.6 Å². The molecule has 11 nitrogen and oxygen atoms in total. The summed E-state index contributed by atoms with van der Waals surface area (Å²) in [7, 11) is 4.47. The number of amides is 2. The summed E-state index contributed by atoms with van der Waals surface area (Å²) in [5.74, 6) is -0.249. The van der Waals surface area contributed by atoms with Crippen LogP contribution >= 0.6 is 0 Å². The first-order valence-corrected chi connectivity index (χ1v) is 11.8. The zero-order chi connectivity index (χ0) is 26.8. The zero-order valence-corrected chi connectivity index (χ0v) is 21.0. The maximum atomic E-state index is 14.5. The number of ether oxygens (including phenoxy) is 2. The number of rotatable bonds is 8. The van der Waals surface area contributed by atoms with E-state index >= 15 is 0 Å². The number of benzene rings is 2.